The first kappa shape index (κ1) is 14.0. The molecule has 3 nitrogen and oxygen atoms in total. The van der Waals surface area contributed by atoms with Gasteiger partial charge in [0.15, 0.2) is 0 Å². The average Bonchev–Trinajstić information content (AvgIpc) is 2.47. The third-order valence-corrected chi connectivity index (χ3v) is 4.75. The average molecular weight is 253 g/mol. The van der Waals surface area contributed by atoms with Crippen LogP contribution in [0.15, 0.2) is 0 Å². The van der Waals surface area contributed by atoms with Crippen LogP contribution in [0, 0.1) is 5.41 Å². The first-order valence-electron chi connectivity index (χ1n) is 7.58. The van der Waals surface area contributed by atoms with E-state index in [9.17, 15) is 4.79 Å². The van der Waals surface area contributed by atoms with Crippen LogP contribution in [0.1, 0.15) is 51.9 Å². The smallest absolute Gasteiger partial charge is 0.127 e. The summed E-state index contributed by atoms with van der Waals surface area (Å²) < 4.78 is 5.41. The molecule has 1 aliphatic heterocycles. The van der Waals surface area contributed by atoms with E-state index in [2.05, 4.69) is 11.8 Å². The van der Waals surface area contributed by atoms with Crippen LogP contribution in [-0.2, 0) is 9.53 Å². The molecule has 0 atom stereocenters. The van der Waals surface area contributed by atoms with Crippen LogP contribution in [0.3, 0.4) is 0 Å². The Morgan fingerprint density at radius 1 is 1.22 bits per heavy atom. The summed E-state index contributed by atoms with van der Waals surface area (Å²) in [6.07, 6.45) is 9.76. The van der Waals surface area contributed by atoms with Crippen molar-refractivity contribution >= 4 is 6.29 Å². The largest absolute Gasteiger partial charge is 0.381 e. The van der Waals surface area contributed by atoms with E-state index in [4.69, 9.17) is 4.74 Å². The molecule has 0 aromatic carbocycles. The van der Waals surface area contributed by atoms with Crippen LogP contribution < -0.4 is 0 Å². The van der Waals surface area contributed by atoms with E-state index in [1.54, 1.807) is 0 Å². The maximum Gasteiger partial charge on any atom is 0.127 e. The van der Waals surface area contributed by atoms with E-state index in [0.29, 0.717) is 6.04 Å². The number of hydrogen-bond acceptors (Lipinski definition) is 3. The van der Waals surface area contributed by atoms with Gasteiger partial charge in [-0.15, -0.1) is 0 Å². The van der Waals surface area contributed by atoms with Crippen LogP contribution >= 0.6 is 0 Å². The molecule has 1 heterocycles. The molecule has 2 rings (SSSR count). The van der Waals surface area contributed by atoms with E-state index in [-0.39, 0.29) is 5.41 Å². The van der Waals surface area contributed by atoms with Crippen molar-refractivity contribution in [3.63, 3.8) is 0 Å². The number of rotatable bonds is 5. The third kappa shape index (κ3) is 3.33. The van der Waals surface area contributed by atoms with Gasteiger partial charge in [0, 0.05) is 31.2 Å². The van der Waals surface area contributed by atoms with E-state index in [1.165, 1.54) is 38.4 Å². The van der Waals surface area contributed by atoms with E-state index >= 15 is 0 Å². The van der Waals surface area contributed by atoms with Gasteiger partial charge in [0.05, 0.1) is 0 Å². The Kier molecular flexibility index (Phi) is 5.19. The number of carbonyl (C=O) groups is 1. The molecule has 0 unspecified atom stereocenters. The Labute approximate surface area is 111 Å². The maximum absolute atomic E-state index is 11.5. The van der Waals surface area contributed by atoms with E-state index < -0.39 is 0 Å². The second kappa shape index (κ2) is 6.67. The number of ether oxygens (including phenoxy) is 1. The summed E-state index contributed by atoms with van der Waals surface area (Å²) in [6, 6.07) is 0.711. The molecule has 2 fully saturated rings. The highest BCUT2D eigenvalue weighted by Crippen LogP contribution is 2.32. The Morgan fingerprint density at radius 3 is 2.44 bits per heavy atom. The van der Waals surface area contributed by atoms with Crippen LogP contribution in [0.2, 0.25) is 0 Å². The minimum atomic E-state index is -0.133. The lowest BCUT2D eigenvalue weighted by Gasteiger charge is -2.41. The lowest BCUT2D eigenvalue weighted by atomic mass is 9.80. The monoisotopic (exact) mass is 253 g/mol. The molecular formula is C15H27NO2. The minimum Gasteiger partial charge on any atom is -0.381 e. The highest BCUT2D eigenvalue weighted by Gasteiger charge is 2.35. The Bertz CT molecular complexity index is 255. The van der Waals surface area contributed by atoms with Gasteiger partial charge in [-0.05, 0) is 32.2 Å². The molecule has 0 spiro atoms. The Balaban J connectivity index is 1.96. The van der Waals surface area contributed by atoms with Crippen molar-refractivity contribution < 1.29 is 9.53 Å². The van der Waals surface area contributed by atoms with Crippen molar-refractivity contribution in [1.29, 1.82) is 0 Å². The van der Waals surface area contributed by atoms with Crippen molar-refractivity contribution in [2.75, 3.05) is 26.3 Å². The van der Waals surface area contributed by atoms with E-state index in [0.717, 1.165) is 39.1 Å². The van der Waals surface area contributed by atoms with Gasteiger partial charge in [0.25, 0.3) is 0 Å². The Morgan fingerprint density at radius 2 is 1.89 bits per heavy atom. The molecule has 0 radical (unpaired) electrons. The SMILES string of the molecule is CCN(CC1(C=O)CCOCC1)C1CCCCC1. The fourth-order valence-electron chi connectivity index (χ4n) is 3.44. The molecule has 0 aromatic rings. The summed E-state index contributed by atoms with van der Waals surface area (Å²) in [7, 11) is 0. The van der Waals surface area contributed by atoms with Crippen molar-refractivity contribution in [3.8, 4) is 0 Å². The van der Waals surface area contributed by atoms with Crippen molar-refractivity contribution in [2.45, 2.75) is 57.9 Å². The predicted molar refractivity (Wildman–Crippen MR) is 72.7 cm³/mol. The fraction of sp³-hybridized carbons (Fsp3) is 0.933. The van der Waals surface area contributed by atoms with Crippen LogP contribution in [0.5, 0.6) is 0 Å². The Hall–Kier alpha value is -0.410. The molecule has 0 aromatic heterocycles. The first-order chi connectivity index (χ1) is 8.79. The molecule has 1 saturated heterocycles. The molecule has 0 N–H and O–H groups in total. The highest BCUT2D eigenvalue weighted by molar-refractivity contribution is 5.60. The van der Waals surface area contributed by atoms with Gasteiger partial charge in [-0.2, -0.15) is 0 Å². The van der Waals surface area contributed by atoms with Crippen molar-refractivity contribution in [1.82, 2.24) is 4.90 Å². The predicted octanol–water partition coefficient (Wildman–Crippen LogP) is 2.64. The van der Waals surface area contributed by atoms with Gasteiger partial charge in [0.2, 0.25) is 0 Å². The summed E-state index contributed by atoms with van der Waals surface area (Å²) in [5.74, 6) is 0. The summed E-state index contributed by atoms with van der Waals surface area (Å²) >= 11 is 0. The van der Waals surface area contributed by atoms with E-state index in [1.807, 2.05) is 0 Å². The lowest BCUT2D eigenvalue weighted by Crippen LogP contribution is -2.47. The van der Waals surface area contributed by atoms with Gasteiger partial charge in [-0.3, -0.25) is 4.90 Å². The molecule has 0 bridgehead atoms. The minimum absolute atomic E-state index is 0.133. The molecule has 18 heavy (non-hydrogen) atoms. The summed E-state index contributed by atoms with van der Waals surface area (Å²) in [5.41, 5.74) is -0.133. The van der Waals surface area contributed by atoms with Crippen molar-refractivity contribution in [2.24, 2.45) is 5.41 Å². The quantitative estimate of drug-likeness (QED) is 0.705. The first-order valence-corrected chi connectivity index (χ1v) is 7.58. The molecule has 1 saturated carbocycles. The number of carbonyl (C=O) groups excluding carboxylic acids is 1. The van der Waals surface area contributed by atoms with Crippen LogP contribution in [0.4, 0.5) is 0 Å². The zero-order chi connectivity index (χ0) is 12.8. The summed E-state index contributed by atoms with van der Waals surface area (Å²) in [4.78, 5) is 14.1. The normalized spacial score (nSPS) is 25.2. The maximum atomic E-state index is 11.5. The molecule has 104 valence electrons. The van der Waals surface area contributed by atoms with Gasteiger partial charge in [-0.1, -0.05) is 26.2 Å². The standard InChI is InChI=1S/C15H27NO2/c1-2-16(14-6-4-3-5-7-14)12-15(13-17)8-10-18-11-9-15/h13-14H,2-12H2,1H3. The van der Waals surface area contributed by atoms with Gasteiger partial charge in [0.1, 0.15) is 6.29 Å². The molecule has 2 aliphatic rings. The summed E-state index contributed by atoms with van der Waals surface area (Å²) in [5, 5.41) is 0. The zero-order valence-electron chi connectivity index (χ0n) is 11.7. The van der Waals surface area contributed by atoms with Gasteiger partial charge in [-0.25, -0.2) is 0 Å². The molecule has 3 heteroatoms. The fourth-order valence-corrected chi connectivity index (χ4v) is 3.44. The third-order valence-electron chi connectivity index (χ3n) is 4.75. The number of aldehydes is 1. The summed E-state index contributed by atoms with van der Waals surface area (Å²) in [6.45, 7) is 5.75. The lowest BCUT2D eigenvalue weighted by molar-refractivity contribution is -0.123. The number of hydrogen-bond donors (Lipinski definition) is 0. The van der Waals surface area contributed by atoms with Crippen LogP contribution in [-0.4, -0.2) is 43.5 Å². The van der Waals surface area contributed by atoms with Crippen LogP contribution in [0.25, 0.3) is 0 Å². The zero-order valence-corrected chi connectivity index (χ0v) is 11.7. The highest BCUT2D eigenvalue weighted by atomic mass is 16.5. The molecule has 0 amide bonds. The molecular weight excluding hydrogens is 226 g/mol. The second-order valence-corrected chi connectivity index (χ2v) is 5.95. The van der Waals surface area contributed by atoms with Crippen molar-refractivity contribution in [3.05, 3.63) is 0 Å². The van der Waals surface area contributed by atoms with Gasteiger partial charge < -0.3 is 9.53 Å². The second-order valence-electron chi connectivity index (χ2n) is 5.95. The topological polar surface area (TPSA) is 29.5 Å². The molecule has 1 aliphatic carbocycles. The van der Waals surface area contributed by atoms with Gasteiger partial charge >= 0.3 is 0 Å². The number of nitrogens with zero attached hydrogens (tertiary/aromatic N) is 1.